The van der Waals surface area contributed by atoms with E-state index in [2.05, 4.69) is 57.0 Å². The highest BCUT2D eigenvalue weighted by Gasteiger charge is 2.01. The van der Waals surface area contributed by atoms with Crippen molar-refractivity contribution in [3.63, 3.8) is 0 Å². The summed E-state index contributed by atoms with van der Waals surface area (Å²) in [6.45, 7) is 13.2. The van der Waals surface area contributed by atoms with Gasteiger partial charge in [0.1, 0.15) is 0 Å². The summed E-state index contributed by atoms with van der Waals surface area (Å²) in [6, 6.07) is 0. The summed E-state index contributed by atoms with van der Waals surface area (Å²) in [7, 11) is 1.74. The normalized spacial score (nSPS) is 14.8. The molecule has 2 nitrogen and oxygen atoms in total. The molecule has 0 aromatic rings. The van der Waals surface area contributed by atoms with Crippen LogP contribution in [0, 0.1) is 0 Å². The SMILES string of the molecule is C=C(NCC[C@@H](C)OC)/C(C)=C\C(=C/C)C/C=C\C. The van der Waals surface area contributed by atoms with E-state index in [9.17, 15) is 0 Å². The van der Waals surface area contributed by atoms with Gasteiger partial charge in [-0.15, -0.1) is 0 Å². The molecule has 0 unspecified atom stereocenters. The summed E-state index contributed by atoms with van der Waals surface area (Å²) >= 11 is 0. The number of nitrogens with one attached hydrogen (secondary N) is 1. The minimum atomic E-state index is 0.283. The van der Waals surface area contributed by atoms with Gasteiger partial charge < -0.3 is 10.1 Å². The Morgan fingerprint density at radius 3 is 2.58 bits per heavy atom. The van der Waals surface area contributed by atoms with Gasteiger partial charge in [-0.05, 0) is 51.7 Å². The molecular formula is C17H29NO. The smallest absolute Gasteiger partial charge is 0.0560 e. The zero-order valence-corrected chi connectivity index (χ0v) is 13.1. The summed E-state index contributed by atoms with van der Waals surface area (Å²) in [4.78, 5) is 0. The maximum absolute atomic E-state index is 5.22. The second-order valence-corrected chi connectivity index (χ2v) is 4.70. The molecular weight excluding hydrogens is 234 g/mol. The van der Waals surface area contributed by atoms with E-state index in [-0.39, 0.29) is 6.10 Å². The second-order valence-electron chi connectivity index (χ2n) is 4.70. The van der Waals surface area contributed by atoms with Crippen LogP contribution in [0.2, 0.25) is 0 Å². The quantitative estimate of drug-likeness (QED) is 0.492. The van der Waals surface area contributed by atoms with Crippen molar-refractivity contribution in [3.8, 4) is 0 Å². The van der Waals surface area contributed by atoms with Gasteiger partial charge in [-0.2, -0.15) is 0 Å². The monoisotopic (exact) mass is 263 g/mol. The molecule has 0 bridgehead atoms. The maximum Gasteiger partial charge on any atom is 0.0560 e. The van der Waals surface area contributed by atoms with Gasteiger partial charge in [-0.25, -0.2) is 0 Å². The molecule has 0 saturated heterocycles. The molecule has 0 aliphatic rings. The van der Waals surface area contributed by atoms with Crippen LogP contribution in [0.5, 0.6) is 0 Å². The van der Waals surface area contributed by atoms with Crippen molar-refractivity contribution in [1.82, 2.24) is 5.32 Å². The summed E-state index contributed by atoms with van der Waals surface area (Å²) < 4.78 is 5.22. The van der Waals surface area contributed by atoms with E-state index in [1.165, 1.54) is 11.1 Å². The van der Waals surface area contributed by atoms with Crippen LogP contribution in [0.1, 0.15) is 40.5 Å². The third kappa shape index (κ3) is 8.44. The van der Waals surface area contributed by atoms with Crippen LogP contribution in [0.4, 0.5) is 0 Å². The lowest BCUT2D eigenvalue weighted by Crippen LogP contribution is -2.19. The maximum atomic E-state index is 5.22. The minimum absolute atomic E-state index is 0.283. The Morgan fingerprint density at radius 2 is 2.05 bits per heavy atom. The zero-order chi connectivity index (χ0) is 14.7. The van der Waals surface area contributed by atoms with Gasteiger partial charge in [0.15, 0.2) is 0 Å². The number of hydrogen-bond acceptors (Lipinski definition) is 2. The molecule has 2 heteroatoms. The largest absolute Gasteiger partial charge is 0.385 e. The fourth-order valence-electron chi connectivity index (χ4n) is 1.56. The average Bonchev–Trinajstić information content (AvgIpc) is 2.42. The predicted molar refractivity (Wildman–Crippen MR) is 85.2 cm³/mol. The number of hydrogen-bond donors (Lipinski definition) is 1. The molecule has 1 N–H and O–H groups in total. The zero-order valence-electron chi connectivity index (χ0n) is 13.1. The molecule has 0 aromatic heterocycles. The molecule has 0 heterocycles. The highest BCUT2D eigenvalue weighted by atomic mass is 16.5. The Labute approximate surface area is 118 Å². The van der Waals surface area contributed by atoms with Crippen molar-refractivity contribution >= 4 is 0 Å². The molecule has 19 heavy (non-hydrogen) atoms. The number of methoxy groups -OCH3 is 1. The molecule has 0 spiro atoms. The van der Waals surface area contributed by atoms with Crippen molar-refractivity contribution in [1.29, 1.82) is 0 Å². The van der Waals surface area contributed by atoms with Crippen LogP contribution in [0.15, 0.2) is 47.7 Å². The first kappa shape index (κ1) is 17.7. The molecule has 0 aliphatic heterocycles. The van der Waals surface area contributed by atoms with Gasteiger partial charge in [0.05, 0.1) is 6.10 Å². The highest BCUT2D eigenvalue weighted by Crippen LogP contribution is 2.12. The van der Waals surface area contributed by atoms with Crippen LogP contribution >= 0.6 is 0 Å². The molecule has 0 fully saturated rings. The van der Waals surface area contributed by atoms with Crippen molar-refractivity contribution in [2.45, 2.75) is 46.6 Å². The van der Waals surface area contributed by atoms with Gasteiger partial charge in [0.2, 0.25) is 0 Å². The molecule has 0 amide bonds. The lowest BCUT2D eigenvalue weighted by Gasteiger charge is -2.13. The van der Waals surface area contributed by atoms with E-state index in [1.807, 2.05) is 6.92 Å². The van der Waals surface area contributed by atoms with Crippen molar-refractivity contribution in [2.24, 2.45) is 0 Å². The van der Waals surface area contributed by atoms with Crippen LogP contribution in [0.25, 0.3) is 0 Å². The fraction of sp³-hybridized carbons (Fsp3) is 0.529. The van der Waals surface area contributed by atoms with Crippen LogP contribution in [-0.4, -0.2) is 19.8 Å². The number of ether oxygens (including phenoxy) is 1. The molecule has 108 valence electrons. The molecule has 0 saturated carbocycles. The van der Waals surface area contributed by atoms with E-state index in [0.717, 1.165) is 25.1 Å². The van der Waals surface area contributed by atoms with Crippen molar-refractivity contribution in [3.05, 3.63) is 47.7 Å². The topological polar surface area (TPSA) is 21.3 Å². The standard InChI is InChI=1S/C17H29NO/c1-7-9-10-17(8-2)13-14(3)16(5)18-12-11-15(4)19-6/h7-9,13,15,18H,5,10-12H2,1-4,6H3/b9-7-,14-13-,17-8-/t15-/m1/s1. The molecule has 0 aromatic carbocycles. The Hall–Kier alpha value is -1.28. The first-order valence-electron chi connectivity index (χ1n) is 6.95. The Balaban J connectivity index is 4.30. The molecule has 1 atom stereocenters. The van der Waals surface area contributed by atoms with Gasteiger partial charge in [-0.3, -0.25) is 0 Å². The summed E-state index contributed by atoms with van der Waals surface area (Å²) in [6.07, 6.45) is 10.8. The van der Waals surface area contributed by atoms with Crippen molar-refractivity contribution < 1.29 is 4.74 Å². The van der Waals surface area contributed by atoms with Crippen LogP contribution in [0.3, 0.4) is 0 Å². The average molecular weight is 263 g/mol. The van der Waals surface area contributed by atoms with Crippen LogP contribution < -0.4 is 5.32 Å². The first-order chi connectivity index (χ1) is 9.04. The summed E-state index contributed by atoms with van der Waals surface area (Å²) in [5.74, 6) is 0. The number of rotatable bonds is 9. The van der Waals surface area contributed by atoms with E-state index in [1.54, 1.807) is 7.11 Å². The van der Waals surface area contributed by atoms with E-state index >= 15 is 0 Å². The van der Waals surface area contributed by atoms with Gasteiger partial charge in [0.25, 0.3) is 0 Å². The third-order valence-corrected chi connectivity index (χ3v) is 3.13. The molecule has 0 aliphatic carbocycles. The van der Waals surface area contributed by atoms with Gasteiger partial charge in [-0.1, -0.05) is 30.9 Å². The lowest BCUT2D eigenvalue weighted by atomic mass is 10.1. The predicted octanol–water partition coefficient (Wildman–Crippen LogP) is 4.37. The fourth-order valence-corrected chi connectivity index (χ4v) is 1.56. The third-order valence-electron chi connectivity index (χ3n) is 3.13. The lowest BCUT2D eigenvalue weighted by molar-refractivity contribution is 0.111. The van der Waals surface area contributed by atoms with Crippen LogP contribution in [-0.2, 0) is 4.74 Å². The second kappa shape index (κ2) is 10.6. The Bertz CT molecular complexity index is 350. The Kier molecular flexibility index (Phi) is 9.91. The van der Waals surface area contributed by atoms with E-state index in [4.69, 9.17) is 4.74 Å². The summed E-state index contributed by atoms with van der Waals surface area (Å²) in [5, 5.41) is 3.35. The van der Waals surface area contributed by atoms with E-state index in [0.29, 0.717) is 0 Å². The van der Waals surface area contributed by atoms with Crippen molar-refractivity contribution in [2.75, 3.05) is 13.7 Å². The minimum Gasteiger partial charge on any atom is -0.385 e. The van der Waals surface area contributed by atoms with Gasteiger partial charge >= 0.3 is 0 Å². The Morgan fingerprint density at radius 1 is 1.37 bits per heavy atom. The first-order valence-corrected chi connectivity index (χ1v) is 6.95. The molecule has 0 rings (SSSR count). The van der Waals surface area contributed by atoms with Gasteiger partial charge in [0, 0.05) is 19.4 Å². The highest BCUT2D eigenvalue weighted by molar-refractivity contribution is 5.34. The summed E-state index contributed by atoms with van der Waals surface area (Å²) in [5.41, 5.74) is 3.48. The van der Waals surface area contributed by atoms with E-state index < -0.39 is 0 Å². The molecule has 0 radical (unpaired) electrons. The number of allylic oxidation sites excluding steroid dienone is 6.